The predicted octanol–water partition coefficient (Wildman–Crippen LogP) is 15.4. The van der Waals surface area contributed by atoms with Crippen LogP contribution in [0.4, 0.5) is 0 Å². The van der Waals surface area contributed by atoms with Gasteiger partial charge in [-0.1, -0.05) is 174 Å². The maximum atomic E-state index is 12.7. The minimum absolute atomic E-state index is 0.144. The van der Waals surface area contributed by atoms with Crippen molar-refractivity contribution in [2.75, 3.05) is 13.2 Å². The molecule has 0 aliphatic carbocycles. The first kappa shape index (κ1) is 55.8. The molecule has 0 aromatic carbocycles. The average Bonchev–Trinajstić information content (AvgIpc) is 3.24. The zero-order valence-electron chi connectivity index (χ0n) is 38.2. The van der Waals surface area contributed by atoms with E-state index < -0.39 is 12.1 Å². The highest BCUT2D eigenvalue weighted by Crippen LogP contribution is 2.09. The summed E-state index contributed by atoms with van der Waals surface area (Å²) in [6.45, 7) is 6.22. The van der Waals surface area contributed by atoms with Crippen LogP contribution in [0.15, 0.2) is 122 Å². The molecule has 0 rings (SSSR count). The Bertz CT molecular complexity index is 1320. The summed E-state index contributed by atoms with van der Waals surface area (Å²) in [6, 6.07) is 0. The number of esters is 3. The van der Waals surface area contributed by atoms with Gasteiger partial charge in [-0.25, -0.2) is 0 Å². The second-order valence-electron chi connectivity index (χ2n) is 14.9. The van der Waals surface area contributed by atoms with Crippen LogP contribution in [0.25, 0.3) is 0 Å². The Balaban J connectivity index is 4.59. The van der Waals surface area contributed by atoms with E-state index >= 15 is 0 Å². The first-order valence-corrected chi connectivity index (χ1v) is 23.5. The largest absolute Gasteiger partial charge is 0.462 e. The third-order valence-corrected chi connectivity index (χ3v) is 9.19. The van der Waals surface area contributed by atoms with E-state index in [-0.39, 0.29) is 44.4 Å². The lowest BCUT2D eigenvalue weighted by Crippen LogP contribution is -2.30. The van der Waals surface area contributed by atoms with Crippen LogP contribution in [-0.4, -0.2) is 37.2 Å². The van der Waals surface area contributed by atoms with Gasteiger partial charge in [0.25, 0.3) is 0 Å². The van der Waals surface area contributed by atoms with Gasteiger partial charge in [0.15, 0.2) is 6.10 Å². The molecule has 0 amide bonds. The van der Waals surface area contributed by atoms with Crippen molar-refractivity contribution in [1.29, 1.82) is 0 Å². The van der Waals surface area contributed by atoms with E-state index in [2.05, 4.69) is 130 Å². The van der Waals surface area contributed by atoms with Crippen molar-refractivity contribution in [1.82, 2.24) is 0 Å². The molecule has 0 heterocycles. The molecule has 6 nitrogen and oxygen atoms in total. The van der Waals surface area contributed by atoms with E-state index in [1.807, 2.05) is 12.2 Å². The molecule has 1 unspecified atom stereocenters. The van der Waals surface area contributed by atoms with Crippen molar-refractivity contribution in [2.45, 2.75) is 187 Å². The number of hydrogen-bond donors (Lipinski definition) is 0. The van der Waals surface area contributed by atoms with Crippen molar-refractivity contribution >= 4 is 17.9 Å². The molecule has 0 bridgehead atoms. The van der Waals surface area contributed by atoms with Crippen molar-refractivity contribution < 1.29 is 28.6 Å². The first-order chi connectivity index (χ1) is 29.5. The number of ether oxygens (including phenoxy) is 3. The molecule has 0 fully saturated rings. The van der Waals surface area contributed by atoms with Crippen LogP contribution in [0.1, 0.15) is 181 Å². The monoisotopic (exact) mass is 829 g/mol. The lowest BCUT2D eigenvalue weighted by molar-refractivity contribution is -0.166. The Morgan fingerprint density at radius 2 is 0.700 bits per heavy atom. The normalized spacial score (nSPS) is 13.2. The molecule has 6 heteroatoms. The summed E-state index contributed by atoms with van der Waals surface area (Å²) in [5, 5.41) is 0. The smallest absolute Gasteiger partial charge is 0.306 e. The molecule has 0 radical (unpaired) electrons. The highest BCUT2D eigenvalue weighted by Gasteiger charge is 2.19. The SMILES string of the molecule is CC/C=C\C/C=C\C/C=C\C/C=C\C/C=C\CCC(=O)OC(COC(=O)CCC/C=C\C/C=C\C/C=C\CCCCCCCC)COC(=O)CCCC/C=C\C/C=C\CC. The molecule has 0 saturated carbocycles. The molecule has 0 saturated heterocycles. The minimum atomic E-state index is -0.852. The van der Waals surface area contributed by atoms with Gasteiger partial charge in [-0.2, -0.15) is 0 Å². The first-order valence-electron chi connectivity index (χ1n) is 23.5. The molecular formula is C54H84O6. The Morgan fingerprint density at radius 1 is 0.350 bits per heavy atom. The zero-order valence-corrected chi connectivity index (χ0v) is 38.2. The number of allylic oxidation sites excluding steroid dienone is 20. The van der Waals surface area contributed by atoms with Gasteiger partial charge in [-0.05, 0) is 109 Å². The number of rotatable bonds is 40. The molecule has 0 aromatic rings. The van der Waals surface area contributed by atoms with Crippen molar-refractivity contribution in [3.05, 3.63) is 122 Å². The number of unbranched alkanes of at least 4 members (excludes halogenated alkanes) is 9. The van der Waals surface area contributed by atoms with E-state index in [1.54, 1.807) is 0 Å². The van der Waals surface area contributed by atoms with Crippen LogP contribution in [0.5, 0.6) is 0 Å². The van der Waals surface area contributed by atoms with Crippen LogP contribution >= 0.6 is 0 Å². The summed E-state index contributed by atoms with van der Waals surface area (Å²) >= 11 is 0. The molecule has 0 aliphatic rings. The second-order valence-corrected chi connectivity index (χ2v) is 14.9. The summed E-state index contributed by atoms with van der Waals surface area (Å²) in [6.07, 6.45) is 65.0. The Morgan fingerprint density at radius 3 is 1.15 bits per heavy atom. The Hall–Kier alpha value is -4.19. The Kier molecular flexibility index (Phi) is 44.2. The van der Waals surface area contributed by atoms with Gasteiger partial charge in [-0.15, -0.1) is 0 Å². The fraction of sp³-hybridized carbons (Fsp3) is 0.574. The van der Waals surface area contributed by atoms with Crippen LogP contribution in [0, 0.1) is 0 Å². The van der Waals surface area contributed by atoms with E-state index in [4.69, 9.17) is 14.2 Å². The van der Waals surface area contributed by atoms with Gasteiger partial charge in [0.2, 0.25) is 0 Å². The van der Waals surface area contributed by atoms with E-state index in [9.17, 15) is 14.4 Å². The summed E-state index contributed by atoms with van der Waals surface area (Å²) in [4.78, 5) is 37.7. The van der Waals surface area contributed by atoms with Crippen LogP contribution < -0.4 is 0 Å². The van der Waals surface area contributed by atoms with Crippen molar-refractivity contribution in [3.63, 3.8) is 0 Å². The van der Waals surface area contributed by atoms with E-state index in [1.165, 1.54) is 44.9 Å². The molecular weight excluding hydrogens is 745 g/mol. The summed E-state index contributed by atoms with van der Waals surface area (Å²) in [5.74, 6) is -1.13. The highest BCUT2D eigenvalue weighted by atomic mass is 16.6. The van der Waals surface area contributed by atoms with E-state index in [0.717, 1.165) is 77.0 Å². The molecule has 0 aliphatic heterocycles. The highest BCUT2D eigenvalue weighted by molar-refractivity contribution is 5.71. The van der Waals surface area contributed by atoms with Crippen LogP contribution in [0.3, 0.4) is 0 Å². The van der Waals surface area contributed by atoms with Crippen molar-refractivity contribution in [3.8, 4) is 0 Å². The van der Waals surface area contributed by atoms with Crippen LogP contribution in [-0.2, 0) is 28.6 Å². The number of carbonyl (C=O) groups excluding carboxylic acids is 3. The average molecular weight is 829 g/mol. The maximum Gasteiger partial charge on any atom is 0.306 e. The fourth-order valence-electron chi connectivity index (χ4n) is 5.72. The second kappa shape index (κ2) is 47.5. The topological polar surface area (TPSA) is 78.9 Å². The number of hydrogen-bond acceptors (Lipinski definition) is 6. The molecule has 0 aromatic heterocycles. The van der Waals surface area contributed by atoms with Gasteiger partial charge < -0.3 is 14.2 Å². The maximum absolute atomic E-state index is 12.7. The van der Waals surface area contributed by atoms with Gasteiger partial charge in [0.05, 0.1) is 0 Å². The molecule has 60 heavy (non-hydrogen) atoms. The van der Waals surface area contributed by atoms with Crippen LogP contribution in [0.2, 0.25) is 0 Å². The molecule has 1 atom stereocenters. The standard InChI is InChI=1S/C54H84O6/c1-4-7-10-13-16-19-21-23-25-27-29-30-32-35-38-41-44-47-53(56)59-50-51(49-58-52(55)46-43-40-37-34-18-15-12-9-6-3)60-54(57)48-45-42-39-36-33-31-28-26-24-22-20-17-14-11-8-5-2/h8-9,11-12,17-18,20,23-26,29-31,33-35,38-39,42,51H,4-7,10,13-16,19,21-22,27-28,32,36-37,40-41,43-50H2,1-3H3/b11-8-,12-9-,20-17-,25-23-,26-24-,30-29-,33-31-,34-18-,38-35-,42-39-. The van der Waals surface area contributed by atoms with Gasteiger partial charge in [0.1, 0.15) is 13.2 Å². The summed E-state index contributed by atoms with van der Waals surface area (Å²) in [5.41, 5.74) is 0. The molecule has 336 valence electrons. The zero-order chi connectivity index (χ0) is 43.7. The van der Waals surface area contributed by atoms with E-state index in [0.29, 0.717) is 19.3 Å². The number of carbonyl (C=O) groups is 3. The van der Waals surface area contributed by atoms with Gasteiger partial charge in [0, 0.05) is 19.3 Å². The van der Waals surface area contributed by atoms with Gasteiger partial charge in [-0.3, -0.25) is 14.4 Å². The van der Waals surface area contributed by atoms with Gasteiger partial charge >= 0.3 is 17.9 Å². The fourth-order valence-corrected chi connectivity index (χ4v) is 5.72. The minimum Gasteiger partial charge on any atom is -0.462 e. The Labute approximate surface area is 367 Å². The summed E-state index contributed by atoms with van der Waals surface area (Å²) in [7, 11) is 0. The predicted molar refractivity (Wildman–Crippen MR) is 256 cm³/mol. The molecule has 0 spiro atoms. The lowest BCUT2D eigenvalue weighted by atomic mass is 10.1. The summed E-state index contributed by atoms with van der Waals surface area (Å²) < 4.78 is 16.5. The third-order valence-electron chi connectivity index (χ3n) is 9.19. The lowest BCUT2D eigenvalue weighted by Gasteiger charge is -2.18. The third kappa shape index (κ3) is 44.9. The van der Waals surface area contributed by atoms with Crippen molar-refractivity contribution in [2.24, 2.45) is 0 Å². The quantitative estimate of drug-likeness (QED) is 0.0265. The molecule has 0 N–H and O–H groups in total.